The largest absolute Gasteiger partial charge is 0.488 e. The molecule has 3 fully saturated rings. The summed E-state index contributed by atoms with van der Waals surface area (Å²) in [7, 11) is 0. The summed E-state index contributed by atoms with van der Waals surface area (Å²) in [4.78, 5) is 12.6. The molecule has 1 amide bonds. The van der Waals surface area contributed by atoms with E-state index in [1.807, 2.05) is 48.5 Å². The van der Waals surface area contributed by atoms with Crippen LogP contribution < -0.4 is 10.1 Å². The van der Waals surface area contributed by atoms with Crippen LogP contribution in [0.1, 0.15) is 35.2 Å². The average Bonchev–Trinajstić information content (AvgIpc) is 2.48. The first-order chi connectivity index (χ1) is 11.1. The van der Waals surface area contributed by atoms with Gasteiger partial charge in [0.25, 0.3) is 5.91 Å². The van der Waals surface area contributed by atoms with E-state index in [1.54, 1.807) is 0 Å². The molecule has 0 aliphatic heterocycles. The first-order valence-electron chi connectivity index (χ1n) is 7.92. The fourth-order valence-corrected chi connectivity index (χ4v) is 3.82. The monoisotopic (exact) mass is 371 g/mol. The molecule has 3 aliphatic rings. The zero-order chi connectivity index (χ0) is 15.9. The number of rotatable bonds is 5. The molecule has 118 valence electrons. The van der Waals surface area contributed by atoms with Gasteiger partial charge in [-0.25, -0.2) is 0 Å². The highest BCUT2D eigenvalue weighted by atomic mass is 79.9. The summed E-state index contributed by atoms with van der Waals surface area (Å²) >= 11 is 3.45. The molecule has 3 saturated carbocycles. The quantitative estimate of drug-likeness (QED) is 0.850. The molecule has 1 N–H and O–H groups in total. The van der Waals surface area contributed by atoms with Crippen LogP contribution in [0.15, 0.2) is 53.0 Å². The number of ether oxygens (including phenoxy) is 1. The molecule has 0 atom stereocenters. The van der Waals surface area contributed by atoms with Crippen LogP contribution in [-0.4, -0.2) is 11.4 Å². The van der Waals surface area contributed by atoms with Crippen molar-refractivity contribution in [3.8, 4) is 5.75 Å². The zero-order valence-electron chi connectivity index (χ0n) is 12.7. The molecular weight excluding hydrogens is 354 g/mol. The Morgan fingerprint density at radius 3 is 2.57 bits per heavy atom. The van der Waals surface area contributed by atoms with Gasteiger partial charge in [0.2, 0.25) is 0 Å². The van der Waals surface area contributed by atoms with Crippen LogP contribution in [0, 0.1) is 5.92 Å². The van der Waals surface area contributed by atoms with Gasteiger partial charge >= 0.3 is 0 Å². The third kappa shape index (κ3) is 2.88. The van der Waals surface area contributed by atoms with Crippen molar-refractivity contribution in [3.63, 3.8) is 0 Å². The Morgan fingerprint density at radius 1 is 1.17 bits per heavy atom. The number of hydrogen-bond donors (Lipinski definition) is 1. The average molecular weight is 372 g/mol. The minimum absolute atomic E-state index is 0.0290. The first kappa shape index (κ1) is 14.8. The van der Waals surface area contributed by atoms with Gasteiger partial charge in [-0.05, 0) is 48.9 Å². The molecule has 5 rings (SSSR count). The maximum atomic E-state index is 12.6. The number of carbonyl (C=O) groups excluding carboxylic acids is 1. The summed E-state index contributed by atoms with van der Waals surface area (Å²) in [6, 6.07) is 15.5. The lowest BCUT2D eigenvalue weighted by Crippen LogP contribution is -2.68. The highest BCUT2D eigenvalue weighted by Crippen LogP contribution is 2.57. The van der Waals surface area contributed by atoms with Gasteiger partial charge in [0.15, 0.2) is 0 Å². The highest BCUT2D eigenvalue weighted by Gasteiger charge is 2.57. The topological polar surface area (TPSA) is 38.3 Å². The predicted molar refractivity (Wildman–Crippen MR) is 92.5 cm³/mol. The number of halogens is 1. The van der Waals surface area contributed by atoms with Gasteiger partial charge in [-0.3, -0.25) is 4.79 Å². The molecule has 23 heavy (non-hydrogen) atoms. The standard InChI is InChI=1S/C19H18BrNO2/c20-15-6-7-16(18(22)21-19-9-14(10-19)11-19)17(8-15)23-12-13-4-2-1-3-5-13/h1-8,14H,9-12H2,(H,21,22). The van der Waals surface area contributed by atoms with Crippen molar-refractivity contribution in [3.05, 3.63) is 64.1 Å². The minimum atomic E-state index is -0.0290. The molecule has 0 heterocycles. The van der Waals surface area contributed by atoms with Crippen molar-refractivity contribution >= 4 is 21.8 Å². The molecule has 2 aromatic carbocycles. The predicted octanol–water partition coefficient (Wildman–Crippen LogP) is 4.31. The number of nitrogens with one attached hydrogen (secondary N) is 1. The Bertz CT molecular complexity index is 727. The summed E-state index contributed by atoms with van der Waals surface area (Å²) in [5.41, 5.74) is 1.76. The van der Waals surface area contributed by atoms with Crippen LogP contribution >= 0.6 is 15.9 Å². The summed E-state index contributed by atoms with van der Waals surface area (Å²) in [6.45, 7) is 0.449. The highest BCUT2D eigenvalue weighted by molar-refractivity contribution is 9.10. The van der Waals surface area contributed by atoms with E-state index in [0.717, 1.165) is 35.2 Å². The fraction of sp³-hybridized carbons (Fsp3) is 0.316. The van der Waals surface area contributed by atoms with Crippen LogP contribution in [0.4, 0.5) is 0 Å². The lowest BCUT2D eigenvalue weighted by atomic mass is 9.50. The van der Waals surface area contributed by atoms with Gasteiger partial charge in [0.05, 0.1) is 5.56 Å². The van der Waals surface area contributed by atoms with Crippen molar-refractivity contribution in [2.24, 2.45) is 5.92 Å². The molecule has 2 aromatic rings. The second kappa shape index (κ2) is 5.68. The number of hydrogen-bond acceptors (Lipinski definition) is 2. The third-order valence-electron chi connectivity index (χ3n) is 4.84. The molecule has 0 radical (unpaired) electrons. The molecular formula is C19H18BrNO2. The van der Waals surface area contributed by atoms with Crippen LogP contribution in [0.2, 0.25) is 0 Å². The van der Waals surface area contributed by atoms with Crippen LogP contribution in [0.3, 0.4) is 0 Å². The Labute approximate surface area is 144 Å². The van der Waals surface area contributed by atoms with Gasteiger partial charge in [-0.2, -0.15) is 0 Å². The third-order valence-corrected chi connectivity index (χ3v) is 5.34. The summed E-state index contributed by atoms with van der Waals surface area (Å²) in [5, 5.41) is 3.20. The van der Waals surface area contributed by atoms with Crippen molar-refractivity contribution in [1.82, 2.24) is 5.32 Å². The Morgan fingerprint density at radius 2 is 1.91 bits per heavy atom. The molecule has 0 aromatic heterocycles. The van der Waals surface area contributed by atoms with Gasteiger partial charge in [0.1, 0.15) is 12.4 Å². The van der Waals surface area contributed by atoms with E-state index in [1.165, 1.54) is 0 Å². The van der Waals surface area contributed by atoms with Crippen LogP contribution in [-0.2, 0) is 6.61 Å². The van der Waals surface area contributed by atoms with Crippen molar-refractivity contribution < 1.29 is 9.53 Å². The fourth-order valence-electron chi connectivity index (χ4n) is 3.48. The molecule has 3 nitrogen and oxygen atoms in total. The lowest BCUT2D eigenvalue weighted by Gasteiger charge is -2.61. The number of benzene rings is 2. The van der Waals surface area contributed by atoms with E-state index in [-0.39, 0.29) is 11.4 Å². The maximum absolute atomic E-state index is 12.6. The zero-order valence-corrected chi connectivity index (χ0v) is 14.3. The second-order valence-corrected chi connectivity index (χ2v) is 7.54. The van der Waals surface area contributed by atoms with Crippen LogP contribution in [0.25, 0.3) is 0 Å². The van der Waals surface area contributed by atoms with E-state index in [9.17, 15) is 4.79 Å². The molecule has 4 heteroatoms. The van der Waals surface area contributed by atoms with Gasteiger partial charge in [0, 0.05) is 10.0 Å². The number of amides is 1. The van der Waals surface area contributed by atoms with E-state index < -0.39 is 0 Å². The summed E-state index contributed by atoms with van der Waals surface area (Å²) < 4.78 is 6.82. The van der Waals surface area contributed by atoms with E-state index >= 15 is 0 Å². The molecule has 0 saturated heterocycles. The van der Waals surface area contributed by atoms with Crippen LogP contribution in [0.5, 0.6) is 5.75 Å². The lowest BCUT2D eigenvalue weighted by molar-refractivity contribution is -0.0439. The first-order valence-corrected chi connectivity index (χ1v) is 8.72. The van der Waals surface area contributed by atoms with E-state index in [2.05, 4.69) is 21.2 Å². The SMILES string of the molecule is O=C(NC12CC(C1)C2)c1ccc(Br)cc1OCc1ccccc1. The Hall–Kier alpha value is -1.81. The van der Waals surface area contributed by atoms with Gasteiger partial charge < -0.3 is 10.1 Å². The smallest absolute Gasteiger partial charge is 0.255 e. The molecule has 3 aliphatic carbocycles. The Kier molecular flexibility index (Phi) is 3.64. The molecule has 0 unspecified atom stereocenters. The summed E-state index contributed by atoms with van der Waals surface area (Å²) in [6.07, 6.45) is 3.40. The second-order valence-electron chi connectivity index (χ2n) is 6.63. The molecule has 2 bridgehead atoms. The van der Waals surface area contributed by atoms with E-state index in [0.29, 0.717) is 17.9 Å². The minimum Gasteiger partial charge on any atom is -0.488 e. The van der Waals surface area contributed by atoms with Gasteiger partial charge in [-0.1, -0.05) is 46.3 Å². The number of carbonyl (C=O) groups is 1. The van der Waals surface area contributed by atoms with Gasteiger partial charge in [-0.15, -0.1) is 0 Å². The van der Waals surface area contributed by atoms with E-state index in [4.69, 9.17) is 4.74 Å². The normalized spacial score (nSPS) is 24.3. The maximum Gasteiger partial charge on any atom is 0.255 e. The Balaban J connectivity index is 1.50. The van der Waals surface area contributed by atoms with Crippen molar-refractivity contribution in [2.45, 2.75) is 31.4 Å². The molecule has 0 spiro atoms. The van der Waals surface area contributed by atoms with Crippen molar-refractivity contribution in [2.75, 3.05) is 0 Å². The summed E-state index contributed by atoms with van der Waals surface area (Å²) in [5.74, 6) is 1.43. The van der Waals surface area contributed by atoms with Crippen molar-refractivity contribution in [1.29, 1.82) is 0 Å².